The van der Waals surface area contributed by atoms with Gasteiger partial charge < -0.3 is 10.1 Å². The van der Waals surface area contributed by atoms with Crippen LogP contribution in [0.5, 0.6) is 0 Å². The highest BCUT2D eigenvalue weighted by Crippen LogP contribution is 2.22. The molecule has 1 aromatic heterocycles. The molecule has 0 spiro atoms. The Bertz CT molecular complexity index is 340. The topological polar surface area (TPSA) is 64.9 Å². The summed E-state index contributed by atoms with van der Waals surface area (Å²) in [7, 11) is 0. The van der Waals surface area contributed by atoms with E-state index in [1.165, 1.54) is 0 Å². The third-order valence-electron chi connectivity index (χ3n) is 2.90. The van der Waals surface area contributed by atoms with Crippen molar-refractivity contribution in [1.29, 1.82) is 0 Å². The van der Waals surface area contributed by atoms with E-state index in [9.17, 15) is 0 Å². The Labute approximate surface area is 112 Å². The summed E-state index contributed by atoms with van der Waals surface area (Å²) in [4.78, 5) is 0. The van der Waals surface area contributed by atoms with Gasteiger partial charge in [0.1, 0.15) is 0 Å². The molecule has 1 aliphatic rings. The molecule has 6 nitrogen and oxygen atoms in total. The Morgan fingerprint density at radius 1 is 1.50 bits per heavy atom. The maximum absolute atomic E-state index is 5.37. The number of rotatable bonds is 8. The fraction of sp³-hybridized carbons (Fsp3) is 0.909. The van der Waals surface area contributed by atoms with Gasteiger partial charge in [-0.2, -0.15) is 0 Å². The van der Waals surface area contributed by atoms with Crippen LogP contribution in [0.2, 0.25) is 0 Å². The highest BCUT2D eigenvalue weighted by molar-refractivity contribution is 7.99. The third kappa shape index (κ3) is 4.22. The predicted molar refractivity (Wildman–Crippen MR) is 70.6 cm³/mol. The van der Waals surface area contributed by atoms with Crippen LogP contribution in [0.4, 0.5) is 0 Å². The van der Waals surface area contributed by atoms with E-state index >= 15 is 0 Å². The SMILES string of the molecule is CCCNCCn1nnnc1SCC1CCOC1. The lowest BCUT2D eigenvalue weighted by Crippen LogP contribution is -2.21. The van der Waals surface area contributed by atoms with Crippen molar-refractivity contribution in [3.8, 4) is 0 Å². The predicted octanol–water partition coefficient (Wildman–Crippen LogP) is 0.801. The van der Waals surface area contributed by atoms with Crippen molar-refractivity contribution in [3.05, 3.63) is 0 Å². The van der Waals surface area contributed by atoms with Crippen LogP contribution in [0, 0.1) is 5.92 Å². The number of tetrazole rings is 1. The second-order valence-corrected chi connectivity index (χ2v) is 5.46. The van der Waals surface area contributed by atoms with Crippen LogP contribution < -0.4 is 5.32 Å². The zero-order valence-corrected chi connectivity index (χ0v) is 11.7. The number of ether oxygens (including phenoxy) is 1. The van der Waals surface area contributed by atoms with Gasteiger partial charge in [0.25, 0.3) is 0 Å². The maximum atomic E-state index is 5.37. The zero-order valence-electron chi connectivity index (χ0n) is 10.8. The Morgan fingerprint density at radius 2 is 2.44 bits per heavy atom. The van der Waals surface area contributed by atoms with Gasteiger partial charge in [0.15, 0.2) is 0 Å². The molecule has 18 heavy (non-hydrogen) atoms. The lowest BCUT2D eigenvalue weighted by atomic mass is 10.2. The van der Waals surface area contributed by atoms with Gasteiger partial charge in [-0.25, -0.2) is 4.68 Å². The van der Waals surface area contributed by atoms with E-state index in [4.69, 9.17) is 4.74 Å². The van der Waals surface area contributed by atoms with Gasteiger partial charge in [-0.05, 0) is 35.7 Å². The van der Waals surface area contributed by atoms with Gasteiger partial charge in [0.05, 0.1) is 13.2 Å². The average Bonchev–Trinajstić information content (AvgIpc) is 3.03. The molecular weight excluding hydrogens is 250 g/mol. The Hall–Kier alpha value is -0.660. The molecule has 0 bridgehead atoms. The highest BCUT2D eigenvalue weighted by atomic mass is 32.2. The summed E-state index contributed by atoms with van der Waals surface area (Å²) < 4.78 is 7.25. The van der Waals surface area contributed by atoms with Crippen molar-refractivity contribution in [2.24, 2.45) is 5.92 Å². The first-order chi connectivity index (χ1) is 8.90. The Kier molecular flexibility index (Phi) is 5.89. The first kappa shape index (κ1) is 13.8. The van der Waals surface area contributed by atoms with E-state index in [1.807, 2.05) is 4.68 Å². The first-order valence-corrected chi connectivity index (χ1v) is 7.56. The minimum atomic E-state index is 0.651. The fourth-order valence-corrected chi connectivity index (χ4v) is 2.85. The number of hydrogen-bond donors (Lipinski definition) is 1. The van der Waals surface area contributed by atoms with Crippen molar-refractivity contribution >= 4 is 11.8 Å². The molecule has 1 atom stereocenters. The molecule has 0 aromatic carbocycles. The van der Waals surface area contributed by atoms with Crippen LogP contribution in [-0.4, -0.2) is 52.3 Å². The van der Waals surface area contributed by atoms with Crippen LogP contribution in [0.3, 0.4) is 0 Å². The zero-order chi connectivity index (χ0) is 12.6. The smallest absolute Gasteiger partial charge is 0.209 e. The van der Waals surface area contributed by atoms with Crippen LogP contribution in [0.25, 0.3) is 0 Å². The van der Waals surface area contributed by atoms with E-state index in [2.05, 4.69) is 27.8 Å². The van der Waals surface area contributed by atoms with E-state index < -0.39 is 0 Å². The number of aromatic nitrogens is 4. The third-order valence-corrected chi connectivity index (χ3v) is 4.09. The van der Waals surface area contributed by atoms with Crippen LogP contribution in [0.15, 0.2) is 5.16 Å². The molecule has 1 N–H and O–H groups in total. The lowest BCUT2D eigenvalue weighted by Gasteiger charge is -2.07. The minimum absolute atomic E-state index is 0.651. The highest BCUT2D eigenvalue weighted by Gasteiger charge is 2.17. The molecule has 1 fully saturated rings. The first-order valence-electron chi connectivity index (χ1n) is 6.57. The van der Waals surface area contributed by atoms with E-state index in [-0.39, 0.29) is 0 Å². The van der Waals surface area contributed by atoms with Crippen LogP contribution >= 0.6 is 11.8 Å². The number of hydrogen-bond acceptors (Lipinski definition) is 6. The molecule has 1 aromatic rings. The normalized spacial score (nSPS) is 19.5. The lowest BCUT2D eigenvalue weighted by molar-refractivity contribution is 0.189. The van der Waals surface area contributed by atoms with Gasteiger partial charge >= 0.3 is 0 Å². The second-order valence-electron chi connectivity index (χ2n) is 4.48. The van der Waals surface area contributed by atoms with E-state index in [0.29, 0.717) is 5.92 Å². The Morgan fingerprint density at radius 3 is 3.22 bits per heavy atom. The molecule has 1 saturated heterocycles. The summed E-state index contributed by atoms with van der Waals surface area (Å²) in [6.45, 7) is 6.73. The van der Waals surface area contributed by atoms with Gasteiger partial charge in [-0.3, -0.25) is 0 Å². The summed E-state index contributed by atoms with van der Waals surface area (Å²) in [5.74, 6) is 1.70. The quantitative estimate of drug-likeness (QED) is 0.557. The standard InChI is InChI=1S/C11H21N5OS/c1-2-4-12-5-6-16-11(13-14-15-16)18-9-10-3-7-17-8-10/h10,12H,2-9H2,1H3. The molecule has 0 radical (unpaired) electrons. The van der Waals surface area contributed by atoms with E-state index in [0.717, 1.165) is 56.6 Å². The number of nitrogens with one attached hydrogen (secondary N) is 1. The van der Waals surface area contributed by atoms with Crippen LogP contribution in [-0.2, 0) is 11.3 Å². The number of thioether (sulfide) groups is 1. The fourth-order valence-electron chi connectivity index (χ4n) is 1.83. The van der Waals surface area contributed by atoms with Crippen molar-refractivity contribution < 1.29 is 4.74 Å². The van der Waals surface area contributed by atoms with Crippen molar-refractivity contribution in [1.82, 2.24) is 25.5 Å². The summed E-state index contributed by atoms with van der Waals surface area (Å²) in [6.07, 6.45) is 2.31. The largest absolute Gasteiger partial charge is 0.381 e. The van der Waals surface area contributed by atoms with Gasteiger partial charge in [0, 0.05) is 18.9 Å². The minimum Gasteiger partial charge on any atom is -0.381 e. The molecule has 1 unspecified atom stereocenters. The summed E-state index contributed by atoms with van der Waals surface area (Å²) in [6, 6.07) is 0. The summed E-state index contributed by atoms with van der Waals surface area (Å²) in [5, 5.41) is 16.1. The molecule has 0 saturated carbocycles. The molecule has 2 rings (SSSR count). The van der Waals surface area contributed by atoms with Gasteiger partial charge in [0.2, 0.25) is 5.16 Å². The average molecular weight is 271 g/mol. The molecule has 102 valence electrons. The van der Waals surface area contributed by atoms with Crippen molar-refractivity contribution in [3.63, 3.8) is 0 Å². The Balaban J connectivity index is 1.72. The number of nitrogens with zero attached hydrogens (tertiary/aromatic N) is 4. The van der Waals surface area contributed by atoms with Gasteiger partial charge in [-0.15, -0.1) is 5.10 Å². The molecule has 1 aliphatic heterocycles. The summed E-state index contributed by atoms with van der Waals surface area (Å²) in [5.41, 5.74) is 0. The molecule has 7 heteroatoms. The second kappa shape index (κ2) is 7.70. The summed E-state index contributed by atoms with van der Waals surface area (Å²) >= 11 is 1.73. The monoisotopic (exact) mass is 271 g/mol. The molecule has 0 amide bonds. The van der Waals surface area contributed by atoms with E-state index in [1.54, 1.807) is 11.8 Å². The molecule has 2 heterocycles. The van der Waals surface area contributed by atoms with Crippen molar-refractivity contribution in [2.75, 3.05) is 32.1 Å². The molecular formula is C11H21N5OS. The maximum Gasteiger partial charge on any atom is 0.209 e. The van der Waals surface area contributed by atoms with Crippen LogP contribution in [0.1, 0.15) is 19.8 Å². The van der Waals surface area contributed by atoms with Gasteiger partial charge in [-0.1, -0.05) is 18.7 Å². The van der Waals surface area contributed by atoms with Crippen molar-refractivity contribution in [2.45, 2.75) is 31.5 Å². The molecule has 0 aliphatic carbocycles.